The summed E-state index contributed by atoms with van der Waals surface area (Å²) in [5, 5.41) is 0. The number of carbonyl (C=O) groups excluding carboxylic acids is 1. The molecule has 0 N–H and O–H groups in total. The molecule has 2 aliphatic rings. The standard InChI is InChI=1S/C20H27N3O/c1-14(2)23-18-11-4-3-10-17(18)21-19(23)16-9-6-12-22(13-16)20(24)15-7-5-8-15/h3-4,10-11,14-16H,5-9,12-13H2,1-2H3/t16-/m1/s1. The van der Waals surface area contributed by atoms with Gasteiger partial charge in [0.1, 0.15) is 5.82 Å². The van der Waals surface area contributed by atoms with Crippen LogP contribution < -0.4 is 0 Å². The second kappa shape index (κ2) is 6.23. The van der Waals surface area contributed by atoms with E-state index in [9.17, 15) is 4.79 Å². The summed E-state index contributed by atoms with van der Waals surface area (Å²) >= 11 is 0. The van der Waals surface area contributed by atoms with Gasteiger partial charge in [-0.25, -0.2) is 4.98 Å². The molecule has 1 saturated carbocycles. The van der Waals surface area contributed by atoms with Crippen molar-refractivity contribution in [3.05, 3.63) is 30.1 Å². The molecule has 1 aromatic carbocycles. The summed E-state index contributed by atoms with van der Waals surface area (Å²) in [7, 11) is 0. The molecule has 2 heterocycles. The summed E-state index contributed by atoms with van der Waals surface area (Å²) in [6, 6.07) is 8.77. The molecule has 4 rings (SSSR count). The van der Waals surface area contributed by atoms with Crippen LogP contribution in [0.5, 0.6) is 0 Å². The van der Waals surface area contributed by atoms with Crippen molar-refractivity contribution in [2.24, 2.45) is 5.92 Å². The van der Waals surface area contributed by atoms with Gasteiger partial charge in [0.05, 0.1) is 11.0 Å². The van der Waals surface area contributed by atoms with Crippen LogP contribution in [0.15, 0.2) is 24.3 Å². The van der Waals surface area contributed by atoms with E-state index < -0.39 is 0 Å². The molecular weight excluding hydrogens is 298 g/mol. The Morgan fingerprint density at radius 3 is 2.67 bits per heavy atom. The lowest BCUT2D eigenvalue weighted by atomic mass is 9.83. The van der Waals surface area contributed by atoms with Crippen LogP contribution in [0.2, 0.25) is 0 Å². The van der Waals surface area contributed by atoms with E-state index in [-0.39, 0.29) is 0 Å². The molecule has 24 heavy (non-hydrogen) atoms. The Morgan fingerprint density at radius 1 is 1.17 bits per heavy atom. The number of hydrogen-bond acceptors (Lipinski definition) is 2. The average Bonchev–Trinajstić information content (AvgIpc) is 2.93. The molecule has 4 nitrogen and oxygen atoms in total. The first-order valence-electron chi connectivity index (χ1n) is 9.41. The SMILES string of the molecule is CC(C)n1c([C@@H]2CCCN(C(=O)C3CCC3)C2)nc2ccccc21. The Balaban J connectivity index is 1.64. The van der Waals surface area contributed by atoms with Gasteiger partial charge >= 0.3 is 0 Å². The van der Waals surface area contributed by atoms with E-state index >= 15 is 0 Å². The first-order valence-corrected chi connectivity index (χ1v) is 9.41. The van der Waals surface area contributed by atoms with Crippen LogP contribution in [0.1, 0.15) is 63.7 Å². The van der Waals surface area contributed by atoms with Gasteiger partial charge in [-0.1, -0.05) is 18.6 Å². The topological polar surface area (TPSA) is 38.1 Å². The zero-order chi connectivity index (χ0) is 16.7. The highest BCUT2D eigenvalue weighted by molar-refractivity contribution is 5.80. The van der Waals surface area contributed by atoms with Crippen LogP contribution in [0.3, 0.4) is 0 Å². The maximum atomic E-state index is 12.6. The fraction of sp³-hybridized carbons (Fsp3) is 0.600. The van der Waals surface area contributed by atoms with Crippen molar-refractivity contribution in [2.45, 2.75) is 57.9 Å². The summed E-state index contributed by atoms with van der Waals surface area (Å²) in [4.78, 5) is 19.7. The quantitative estimate of drug-likeness (QED) is 0.851. The van der Waals surface area contributed by atoms with Crippen molar-refractivity contribution >= 4 is 16.9 Å². The van der Waals surface area contributed by atoms with E-state index in [0.717, 1.165) is 50.1 Å². The van der Waals surface area contributed by atoms with Crippen LogP contribution >= 0.6 is 0 Å². The largest absolute Gasteiger partial charge is 0.342 e. The number of amides is 1. The average molecular weight is 325 g/mol. The number of likely N-dealkylation sites (tertiary alicyclic amines) is 1. The van der Waals surface area contributed by atoms with Crippen molar-refractivity contribution in [1.82, 2.24) is 14.5 Å². The molecule has 0 bridgehead atoms. The Hall–Kier alpha value is -1.84. The van der Waals surface area contributed by atoms with E-state index in [1.165, 1.54) is 11.9 Å². The fourth-order valence-electron chi connectivity index (χ4n) is 4.20. The third-order valence-electron chi connectivity index (χ3n) is 5.69. The lowest BCUT2D eigenvalue weighted by molar-refractivity contribution is -0.139. The van der Waals surface area contributed by atoms with E-state index in [1.807, 2.05) is 0 Å². The molecule has 128 valence electrons. The Labute approximate surface area is 143 Å². The number of nitrogens with zero attached hydrogens (tertiary/aromatic N) is 3. The molecule has 1 aliphatic heterocycles. The molecule has 1 aliphatic carbocycles. The van der Waals surface area contributed by atoms with Gasteiger partial charge in [0.2, 0.25) is 5.91 Å². The molecule has 0 radical (unpaired) electrons. The fourth-order valence-corrected chi connectivity index (χ4v) is 4.20. The van der Waals surface area contributed by atoms with Crippen LogP contribution in [-0.4, -0.2) is 33.4 Å². The maximum Gasteiger partial charge on any atom is 0.225 e. The highest BCUT2D eigenvalue weighted by Gasteiger charge is 2.34. The van der Waals surface area contributed by atoms with Gasteiger partial charge in [0.25, 0.3) is 0 Å². The second-order valence-electron chi connectivity index (χ2n) is 7.67. The zero-order valence-corrected chi connectivity index (χ0v) is 14.7. The molecule has 1 atom stereocenters. The number of piperidine rings is 1. The van der Waals surface area contributed by atoms with Gasteiger partial charge in [0.15, 0.2) is 0 Å². The number of rotatable bonds is 3. The molecule has 1 saturated heterocycles. The number of fused-ring (bicyclic) bond motifs is 1. The van der Waals surface area contributed by atoms with Gasteiger partial charge in [-0.05, 0) is 51.7 Å². The van der Waals surface area contributed by atoms with Gasteiger partial charge in [-0.15, -0.1) is 0 Å². The molecular formula is C20H27N3O. The summed E-state index contributed by atoms with van der Waals surface area (Å²) in [6.07, 6.45) is 5.61. The Morgan fingerprint density at radius 2 is 1.96 bits per heavy atom. The minimum atomic E-state index is 0.299. The van der Waals surface area contributed by atoms with E-state index in [4.69, 9.17) is 4.98 Å². The van der Waals surface area contributed by atoms with Crippen LogP contribution in [0.25, 0.3) is 11.0 Å². The minimum Gasteiger partial charge on any atom is -0.342 e. The summed E-state index contributed by atoms with van der Waals surface area (Å²) in [5.74, 6) is 2.21. The minimum absolute atomic E-state index is 0.299. The monoisotopic (exact) mass is 325 g/mol. The molecule has 4 heteroatoms. The van der Waals surface area contributed by atoms with Crippen molar-refractivity contribution in [1.29, 1.82) is 0 Å². The number of benzene rings is 1. The molecule has 1 aromatic heterocycles. The summed E-state index contributed by atoms with van der Waals surface area (Å²) in [5.41, 5.74) is 2.29. The first kappa shape index (κ1) is 15.7. The summed E-state index contributed by atoms with van der Waals surface area (Å²) < 4.78 is 2.37. The number of aromatic nitrogens is 2. The van der Waals surface area contributed by atoms with Crippen LogP contribution in [0, 0.1) is 5.92 Å². The van der Waals surface area contributed by atoms with Crippen molar-refractivity contribution in [2.75, 3.05) is 13.1 Å². The van der Waals surface area contributed by atoms with E-state index in [0.29, 0.717) is 23.8 Å². The molecule has 0 unspecified atom stereocenters. The predicted octanol–water partition coefficient (Wildman–Crippen LogP) is 4.12. The van der Waals surface area contributed by atoms with Crippen molar-refractivity contribution in [3.63, 3.8) is 0 Å². The molecule has 1 amide bonds. The van der Waals surface area contributed by atoms with Gasteiger partial charge in [0, 0.05) is 31.0 Å². The van der Waals surface area contributed by atoms with E-state index in [1.54, 1.807) is 0 Å². The maximum absolute atomic E-state index is 12.6. The van der Waals surface area contributed by atoms with Gasteiger partial charge in [-0.3, -0.25) is 4.79 Å². The second-order valence-corrected chi connectivity index (χ2v) is 7.67. The van der Waals surface area contributed by atoms with Crippen LogP contribution in [-0.2, 0) is 4.79 Å². The molecule has 2 aromatic rings. The third-order valence-corrected chi connectivity index (χ3v) is 5.69. The predicted molar refractivity (Wildman–Crippen MR) is 96.0 cm³/mol. The normalized spacial score (nSPS) is 22.1. The number of imidazole rings is 1. The van der Waals surface area contributed by atoms with Crippen molar-refractivity contribution < 1.29 is 4.79 Å². The number of carbonyl (C=O) groups is 1. The highest BCUT2D eigenvalue weighted by Crippen LogP contribution is 2.34. The Kier molecular flexibility index (Phi) is 4.07. The lowest BCUT2D eigenvalue weighted by Gasteiger charge is -2.37. The Bertz CT molecular complexity index is 744. The third kappa shape index (κ3) is 2.62. The number of para-hydroxylation sites is 2. The lowest BCUT2D eigenvalue weighted by Crippen LogP contribution is -2.44. The first-order chi connectivity index (χ1) is 11.6. The van der Waals surface area contributed by atoms with Gasteiger partial charge < -0.3 is 9.47 Å². The smallest absolute Gasteiger partial charge is 0.225 e. The van der Waals surface area contributed by atoms with Crippen molar-refractivity contribution in [3.8, 4) is 0 Å². The molecule has 0 spiro atoms. The number of hydrogen-bond donors (Lipinski definition) is 0. The van der Waals surface area contributed by atoms with E-state index in [2.05, 4.69) is 47.6 Å². The van der Waals surface area contributed by atoms with Crippen LogP contribution in [0.4, 0.5) is 0 Å². The molecule has 2 fully saturated rings. The zero-order valence-electron chi connectivity index (χ0n) is 14.7. The highest BCUT2D eigenvalue weighted by atomic mass is 16.2. The van der Waals surface area contributed by atoms with Gasteiger partial charge in [-0.2, -0.15) is 0 Å². The summed E-state index contributed by atoms with van der Waals surface area (Å²) in [6.45, 7) is 6.20.